The van der Waals surface area contributed by atoms with Crippen LogP contribution in [-0.4, -0.2) is 19.3 Å². The fourth-order valence-electron chi connectivity index (χ4n) is 1.85. The molecule has 1 aliphatic carbocycles. The zero-order chi connectivity index (χ0) is 11.8. The molecular weight excluding hydrogens is 211 g/mol. The predicted molar refractivity (Wildman–Crippen MR) is 57.5 cm³/mol. The van der Waals surface area contributed by atoms with Crippen molar-refractivity contribution in [3.63, 3.8) is 0 Å². The highest BCUT2D eigenvalue weighted by Crippen LogP contribution is 2.49. The number of halogens is 1. The first-order valence-electron chi connectivity index (χ1n) is 5.18. The van der Waals surface area contributed by atoms with Crippen LogP contribution in [-0.2, 0) is 12.3 Å². The van der Waals surface area contributed by atoms with E-state index in [1.807, 2.05) is 0 Å². The van der Waals surface area contributed by atoms with Gasteiger partial charge in [0.15, 0.2) is 11.5 Å². The van der Waals surface area contributed by atoms with Gasteiger partial charge >= 0.3 is 0 Å². The smallest absolute Gasteiger partial charge is 0.161 e. The van der Waals surface area contributed by atoms with Crippen molar-refractivity contribution < 1.29 is 19.0 Å². The molecule has 3 nitrogen and oxygen atoms in total. The molecule has 0 aromatic heterocycles. The Morgan fingerprint density at radius 1 is 1.25 bits per heavy atom. The summed E-state index contributed by atoms with van der Waals surface area (Å²) in [5.74, 6) is 1.01. The third kappa shape index (κ3) is 1.73. The Morgan fingerprint density at radius 2 is 1.81 bits per heavy atom. The van der Waals surface area contributed by atoms with E-state index in [9.17, 15) is 9.50 Å². The zero-order valence-electron chi connectivity index (χ0n) is 9.42. The number of ether oxygens (including phenoxy) is 2. The summed E-state index contributed by atoms with van der Waals surface area (Å²) in [7, 11) is 3.03. The third-order valence-electron chi connectivity index (χ3n) is 2.98. The van der Waals surface area contributed by atoms with E-state index in [-0.39, 0.29) is 0 Å². The van der Waals surface area contributed by atoms with Crippen molar-refractivity contribution >= 4 is 0 Å². The highest BCUT2D eigenvalue weighted by Gasteiger charge is 2.44. The fourth-order valence-corrected chi connectivity index (χ4v) is 1.85. The molecule has 0 bridgehead atoms. The van der Waals surface area contributed by atoms with Crippen molar-refractivity contribution in [1.29, 1.82) is 0 Å². The van der Waals surface area contributed by atoms with Gasteiger partial charge in [0.1, 0.15) is 6.67 Å². The van der Waals surface area contributed by atoms with Crippen LogP contribution in [0.15, 0.2) is 12.1 Å². The summed E-state index contributed by atoms with van der Waals surface area (Å²) < 4.78 is 23.1. The predicted octanol–water partition coefficient (Wildman–Crippen LogP) is 2.15. The first kappa shape index (κ1) is 11.2. The first-order valence-corrected chi connectivity index (χ1v) is 5.18. The van der Waals surface area contributed by atoms with E-state index in [2.05, 4.69) is 0 Å². The molecule has 4 heteroatoms. The number of aliphatic hydroxyl groups is 1. The number of hydrogen-bond donors (Lipinski definition) is 1. The summed E-state index contributed by atoms with van der Waals surface area (Å²) in [4.78, 5) is 0. The second-order valence-electron chi connectivity index (χ2n) is 4.03. The highest BCUT2D eigenvalue weighted by atomic mass is 19.1. The molecule has 1 saturated carbocycles. The lowest BCUT2D eigenvalue weighted by molar-refractivity contribution is 0.149. The van der Waals surface area contributed by atoms with Crippen LogP contribution in [0.2, 0.25) is 0 Å². The molecule has 0 saturated heterocycles. The number of benzene rings is 1. The molecule has 1 aliphatic rings. The van der Waals surface area contributed by atoms with E-state index in [1.165, 1.54) is 14.2 Å². The summed E-state index contributed by atoms with van der Waals surface area (Å²) in [6, 6.07) is 3.26. The average Bonchev–Trinajstić information content (AvgIpc) is 3.06. The second kappa shape index (κ2) is 3.94. The number of methoxy groups -OCH3 is 2. The van der Waals surface area contributed by atoms with E-state index in [4.69, 9.17) is 9.47 Å². The van der Waals surface area contributed by atoms with E-state index < -0.39 is 12.3 Å². The standard InChI is InChI=1S/C12H15FO3/c1-15-10-5-8(7-13)9(6-11(10)16-2)12(14)3-4-12/h5-6,14H,3-4,7H2,1-2H3. The monoisotopic (exact) mass is 226 g/mol. The Morgan fingerprint density at radius 3 is 2.25 bits per heavy atom. The van der Waals surface area contributed by atoms with Crippen LogP contribution in [0.3, 0.4) is 0 Å². The molecule has 0 unspecified atom stereocenters. The molecule has 0 radical (unpaired) electrons. The molecule has 0 spiro atoms. The van der Waals surface area contributed by atoms with Gasteiger partial charge < -0.3 is 14.6 Å². The van der Waals surface area contributed by atoms with Crippen LogP contribution in [0.5, 0.6) is 11.5 Å². The molecule has 1 fully saturated rings. The fraction of sp³-hybridized carbons (Fsp3) is 0.500. The van der Waals surface area contributed by atoms with Gasteiger partial charge in [0.05, 0.1) is 19.8 Å². The summed E-state index contributed by atoms with van der Waals surface area (Å²) in [5, 5.41) is 10.0. The summed E-state index contributed by atoms with van der Waals surface area (Å²) in [6.07, 6.45) is 1.35. The number of alkyl halides is 1. The molecule has 2 rings (SSSR count). The van der Waals surface area contributed by atoms with Gasteiger partial charge in [0.25, 0.3) is 0 Å². The Bertz CT molecular complexity index is 399. The van der Waals surface area contributed by atoms with Crippen molar-refractivity contribution in [2.75, 3.05) is 14.2 Å². The third-order valence-corrected chi connectivity index (χ3v) is 2.98. The van der Waals surface area contributed by atoms with Gasteiger partial charge in [-0.1, -0.05) is 0 Å². The van der Waals surface area contributed by atoms with E-state index in [0.717, 1.165) is 0 Å². The van der Waals surface area contributed by atoms with Crippen molar-refractivity contribution in [3.8, 4) is 11.5 Å². The van der Waals surface area contributed by atoms with E-state index in [1.54, 1.807) is 12.1 Å². The molecule has 88 valence electrons. The molecule has 0 heterocycles. The van der Waals surface area contributed by atoms with E-state index in [0.29, 0.717) is 35.5 Å². The van der Waals surface area contributed by atoms with Crippen LogP contribution in [0.4, 0.5) is 4.39 Å². The summed E-state index contributed by atoms with van der Waals surface area (Å²) in [5.41, 5.74) is 0.228. The quantitative estimate of drug-likeness (QED) is 0.855. The molecule has 1 N–H and O–H groups in total. The normalized spacial score (nSPS) is 17.0. The lowest BCUT2D eigenvalue weighted by atomic mass is 10.0. The molecule has 1 aromatic carbocycles. The Labute approximate surface area is 93.8 Å². The van der Waals surface area contributed by atoms with Crippen molar-refractivity contribution in [2.45, 2.75) is 25.1 Å². The van der Waals surface area contributed by atoms with Crippen molar-refractivity contribution in [3.05, 3.63) is 23.3 Å². The molecule has 0 aliphatic heterocycles. The van der Waals surface area contributed by atoms with E-state index >= 15 is 0 Å². The molecular formula is C12H15FO3. The maximum absolute atomic E-state index is 12.9. The average molecular weight is 226 g/mol. The minimum Gasteiger partial charge on any atom is -0.493 e. The summed E-state index contributed by atoms with van der Waals surface area (Å²) >= 11 is 0. The van der Waals surface area contributed by atoms with Crippen LogP contribution in [0.25, 0.3) is 0 Å². The molecule has 0 amide bonds. The van der Waals surface area contributed by atoms with Crippen LogP contribution >= 0.6 is 0 Å². The Hall–Kier alpha value is -1.29. The molecule has 0 atom stereocenters. The zero-order valence-corrected chi connectivity index (χ0v) is 9.42. The van der Waals surface area contributed by atoms with Crippen LogP contribution < -0.4 is 9.47 Å². The molecule has 16 heavy (non-hydrogen) atoms. The van der Waals surface area contributed by atoms with Crippen molar-refractivity contribution in [2.24, 2.45) is 0 Å². The topological polar surface area (TPSA) is 38.7 Å². The Balaban J connectivity index is 2.51. The van der Waals surface area contributed by atoms with Crippen molar-refractivity contribution in [1.82, 2.24) is 0 Å². The van der Waals surface area contributed by atoms with Gasteiger partial charge in [-0.05, 0) is 36.1 Å². The lowest BCUT2D eigenvalue weighted by Crippen LogP contribution is -2.09. The van der Waals surface area contributed by atoms with Crippen LogP contribution in [0, 0.1) is 0 Å². The van der Waals surface area contributed by atoms with Gasteiger partial charge in [-0.3, -0.25) is 0 Å². The highest BCUT2D eigenvalue weighted by molar-refractivity contribution is 5.50. The molecule has 1 aromatic rings. The minimum absolute atomic E-state index is 0.470. The second-order valence-corrected chi connectivity index (χ2v) is 4.03. The minimum atomic E-state index is -0.860. The summed E-state index contributed by atoms with van der Waals surface area (Å²) in [6.45, 7) is -0.613. The van der Waals surface area contributed by atoms with Gasteiger partial charge in [0.2, 0.25) is 0 Å². The number of rotatable bonds is 4. The van der Waals surface area contributed by atoms with Gasteiger partial charge in [0, 0.05) is 0 Å². The largest absolute Gasteiger partial charge is 0.493 e. The Kier molecular flexibility index (Phi) is 2.76. The SMILES string of the molecule is COc1cc(CF)c(C2(O)CC2)cc1OC. The number of hydrogen-bond acceptors (Lipinski definition) is 3. The van der Waals surface area contributed by atoms with Gasteiger partial charge in [-0.2, -0.15) is 0 Å². The lowest BCUT2D eigenvalue weighted by Gasteiger charge is -2.16. The van der Waals surface area contributed by atoms with Crippen LogP contribution in [0.1, 0.15) is 24.0 Å². The van der Waals surface area contributed by atoms with Gasteiger partial charge in [-0.25, -0.2) is 4.39 Å². The maximum atomic E-state index is 12.9. The van der Waals surface area contributed by atoms with Gasteiger partial charge in [-0.15, -0.1) is 0 Å². The first-order chi connectivity index (χ1) is 7.64. The maximum Gasteiger partial charge on any atom is 0.161 e.